The Hall–Kier alpha value is -0.640. The van der Waals surface area contributed by atoms with Gasteiger partial charge in [-0.05, 0) is 31.3 Å². The van der Waals surface area contributed by atoms with E-state index in [4.69, 9.17) is 5.73 Å². The number of anilines is 1. The van der Waals surface area contributed by atoms with E-state index in [1.54, 1.807) is 0 Å². The molecule has 0 radical (unpaired) electrons. The normalized spacial score (nSPS) is 19.2. The molecule has 3 nitrogen and oxygen atoms in total. The van der Waals surface area contributed by atoms with E-state index in [0.717, 1.165) is 5.69 Å². The third-order valence-electron chi connectivity index (χ3n) is 2.47. The molecular formula is C9H15N3S. The molecule has 0 atom stereocenters. The number of aromatic nitrogens is 2. The molecule has 4 heteroatoms. The van der Waals surface area contributed by atoms with Gasteiger partial charge in [0.25, 0.3) is 0 Å². The van der Waals surface area contributed by atoms with Gasteiger partial charge < -0.3 is 10.3 Å². The van der Waals surface area contributed by atoms with Crippen molar-refractivity contribution in [2.75, 3.05) is 17.2 Å². The second kappa shape index (κ2) is 3.62. The van der Waals surface area contributed by atoms with Gasteiger partial charge in [-0.1, -0.05) is 0 Å². The Morgan fingerprint density at radius 2 is 2.23 bits per heavy atom. The van der Waals surface area contributed by atoms with Gasteiger partial charge in [-0.25, -0.2) is 4.98 Å². The minimum atomic E-state index is 0.586. The number of imidazole rings is 1. The van der Waals surface area contributed by atoms with E-state index < -0.39 is 0 Å². The lowest BCUT2D eigenvalue weighted by Gasteiger charge is -2.23. The van der Waals surface area contributed by atoms with Crippen LogP contribution in [-0.2, 0) is 0 Å². The van der Waals surface area contributed by atoms with Crippen molar-refractivity contribution in [1.82, 2.24) is 9.55 Å². The third-order valence-corrected chi connectivity index (χ3v) is 3.51. The largest absolute Gasteiger partial charge is 0.369 e. The standard InChI is InChI=1S/C9H15N3S/c1-7-6-12(9(10)11-7)8-2-4-13-5-3-8/h6,8H,2-5H2,1H3,(H2,10,11). The fourth-order valence-electron chi connectivity index (χ4n) is 1.79. The summed E-state index contributed by atoms with van der Waals surface area (Å²) in [5.41, 5.74) is 6.84. The highest BCUT2D eigenvalue weighted by Crippen LogP contribution is 2.28. The lowest BCUT2D eigenvalue weighted by molar-refractivity contribution is 0.475. The van der Waals surface area contributed by atoms with E-state index >= 15 is 0 Å². The molecule has 1 saturated heterocycles. The zero-order chi connectivity index (χ0) is 9.26. The smallest absolute Gasteiger partial charge is 0.200 e. The SMILES string of the molecule is Cc1cn(C2CCSCC2)c(N)n1. The van der Waals surface area contributed by atoms with Crippen molar-refractivity contribution in [3.8, 4) is 0 Å². The molecule has 1 aliphatic rings. The third kappa shape index (κ3) is 1.82. The first-order chi connectivity index (χ1) is 6.27. The van der Waals surface area contributed by atoms with Gasteiger partial charge in [-0.3, -0.25) is 0 Å². The van der Waals surface area contributed by atoms with Crippen molar-refractivity contribution < 1.29 is 0 Å². The van der Waals surface area contributed by atoms with Crippen molar-refractivity contribution in [2.45, 2.75) is 25.8 Å². The Bertz CT molecular complexity index is 289. The Morgan fingerprint density at radius 1 is 1.54 bits per heavy atom. The van der Waals surface area contributed by atoms with Crippen LogP contribution in [-0.4, -0.2) is 21.1 Å². The summed E-state index contributed by atoms with van der Waals surface area (Å²) in [6, 6.07) is 0.586. The highest BCUT2D eigenvalue weighted by Gasteiger charge is 2.17. The fourth-order valence-corrected chi connectivity index (χ4v) is 2.87. The number of nitrogens with zero attached hydrogens (tertiary/aromatic N) is 2. The number of nitrogens with two attached hydrogens (primary N) is 1. The van der Waals surface area contributed by atoms with Gasteiger partial charge in [0.2, 0.25) is 5.95 Å². The van der Waals surface area contributed by atoms with Crippen molar-refractivity contribution in [3.05, 3.63) is 11.9 Å². The topological polar surface area (TPSA) is 43.8 Å². The highest BCUT2D eigenvalue weighted by atomic mass is 32.2. The van der Waals surface area contributed by atoms with Crippen LogP contribution < -0.4 is 5.73 Å². The van der Waals surface area contributed by atoms with Crippen LogP contribution in [0.4, 0.5) is 5.95 Å². The molecule has 2 rings (SSSR count). The second-order valence-electron chi connectivity index (χ2n) is 3.49. The first-order valence-electron chi connectivity index (χ1n) is 4.66. The van der Waals surface area contributed by atoms with Gasteiger partial charge in [0.1, 0.15) is 0 Å². The fraction of sp³-hybridized carbons (Fsp3) is 0.667. The maximum atomic E-state index is 5.82. The molecular weight excluding hydrogens is 182 g/mol. The quantitative estimate of drug-likeness (QED) is 0.747. The number of hydrogen-bond donors (Lipinski definition) is 1. The maximum Gasteiger partial charge on any atom is 0.200 e. The van der Waals surface area contributed by atoms with Crippen LogP contribution >= 0.6 is 11.8 Å². The predicted molar refractivity (Wildman–Crippen MR) is 57.0 cm³/mol. The Kier molecular flexibility index (Phi) is 2.49. The molecule has 0 amide bonds. The molecule has 13 heavy (non-hydrogen) atoms. The molecule has 1 fully saturated rings. The number of rotatable bonds is 1. The van der Waals surface area contributed by atoms with Crippen molar-refractivity contribution in [2.24, 2.45) is 0 Å². The highest BCUT2D eigenvalue weighted by molar-refractivity contribution is 7.99. The molecule has 0 unspecified atom stereocenters. The van der Waals surface area contributed by atoms with E-state index in [1.165, 1.54) is 24.3 Å². The predicted octanol–water partition coefficient (Wildman–Crippen LogP) is 1.84. The van der Waals surface area contributed by atoms with Crippen LogP contribution in [0.25, 0.3) is 0 Å². The van der Waals surface area contributed by atoms with Crippen LogP contribution in [0.1, 0.15) is 24.6 Å². The summed E-state index contributed by atoms with van der Waals surface area (Å²) in [4.78, 5) is 4.22. The zero-order valence-corrected chi connectivity index (χ0v) is 8.68. The summed E-state index contributed by atoms with van der Waals surface area (Å²) < 4.78 is 2.13. The van der Waals surface area contributed by atoms with Crippen LogP contribution in [0.3, 0.4) is 0 Å². The number of hydrogen-bond acceptors (Lipinski definition) is 3. The van der Waals surface area contributed by atoms with Gasteiger partial charge in [-0.15, -0.1) is 0 Å². The van der Waals surface area contributed by atoms with Gasteiger partial charge >= 0.3 is 0 Å². The number of thioether (sulfide) groups is 1. The minimum absolute atomic E-state index is 0.586. The monoisotopic (exact) mass is 197 g/mol. The van der Waals surface area contributed by atoms with E-state index in [1.807, 2.05) is 18.7 Å². The van der Waals surface area contributed by atoms with Crippen LogP contribution in [0.2, 0.25) is 0 Å². The van der Waals surface area contributed by atoms with Crippen LogP contribution in [0.5, 0.6) is 0 Å². The zero-order valence-electron chi connectivity index (χ0n) is 7.86. The van der Waals surface area contributed by atoms with E-state index in [2.05, 4.69) is 15.7 Å². The molecule has 0 aliphatic carbocycles. The molecule has 72 valence electrons. The molecule has 1 aromatic heterocycles. The number of aryl methyl sites for hydroxylation is 1. The van der Waals surface area contributed by atoms with Gasteiger partial charge in [-0.2, -0.15) is 11.8 Å². The van der Waals surface area contributed by atoms with Gasteiger partial charge in [0.05, 0.1) is 5.69 Å². The molecule has 0 bridgehead atoms. The summed E-state index contributed by atoms with van der Waals surface area (Å²) in [6.45, 7) is 1.99. The number of nitrogen functional groups attached to an aromatic ring is 1. The van der Waals surface area contributed by atoms with Crippen LogP contribution in [0.15, 0.2) is 6.20 Å². The lowest BCUT2D eigenvalue weighted by atomic mass is 10.1. The van der Waals surface area contributed by atoms with Crippen molar-refractivity contribution in [1.29, 1.82) is 0 Å². The molecule has 2 heterocycles. The van der Waals surface area contributed by atoms with Crippen LogP contribution in [0, 0.1) is 6.92 Å². The minimum Gasteiger partial charge on any atom is -0.369 e. The molecule has 0 spiro atoms. The Labute approximate surface area is 82.7 Å². The molecule has 1 aliphatic heterocycles. The molecule has 2 N–H and O–H groups in total. The summed E-state index contributed by atoms with van der Waals surface area (Å²) in [7, 11) is 0. The maximum absolute atomic E-state index is 5.82. The lowest BCUT2D eigenvalue weighted by Crippen LogP contribution is -2.16. The summed E-state index contributed by atoms with van der Waals surface area (Å²) in [6.07, 6.45) is 4.52. The van der Waals surface area contributed by atoms with Gasteiger partial charge in [0.15, 0.2) is 0 Å². The first kappa shape index (κ1) is 8.94. The Balaban J connectivity index is 2.18. The summed E-state index contributed by atoms with van der Waals surface area (Å²) in [5.74, 6) is 3.18. The van der Waals surface area contributed by atoms with E-state index in [9.17, 15) is 0 Å². The van der Waals surface area contributed by atoms with Crippen molar-refractivity contribution in [3.63, 3.8) is 0 Å². The summed E-state index contributed by atoms with van der Waals surface area (Å²) in [5, 5.41) is 0. The van der Waals surface area contributed by atoms with Gasteiger partial charge in [0, 0.05) is 12.2 Å². The summed E-state index contributed by atoms with van der Waals surface area (Å²) >= 11 is 2.03. The van der Waals surface area contributed by atoms with E-state index in [0.29, 0.717) is 12.0 Å². The molecule has 0 aromatic carbocycles. The average molecular weight is 197 g/mol. The first-order valence-corrected chi connectivity index (χ1v) is 5.81. The average Bonchev–Trinajstić information content (AvgIpc) is 2.47. The van der Waals surface area contributed by atoms with Crippen molar-refractivity contribution >= 4 is 17.7 Å². The Morgan fingerprint density at radius 3 is 2.77 bits per heavy atom. The van der Waals surface area contributed by atoms with E-state index in [-0.39, 0.29) is 0 Å². The molecule has 1 aromatic rings. The second-order valence-corrected chi connectivity index (χ2v) is 4.72. The molecule has 0 saturated carbocycles.